The van der Waals surface area contributed by atoms with E-state index in [4.69, 9.17) is 0 Å². The summed E-state index contributed by atoms with van der Waals surface area (Å²) in [6, 6.07) is 9.66. The molecule has 1 amide bonds. The highest BCUT2D eigenvalue weighted by Gasteiger charge is 2.24. The van der Waals surface area contributed by atoms with Gasteiger partial charge >= 0.3 is 0 Å². The van der Waals surface area contributed by atoms with Crippen LogP contribution in [0.4, 0.5) is 0 Å². The van der Waals surface area contributed by atoms with E-state index in [1.165, 1.54) is 9.56 Å². The van der Waals surface area contributed by atoms with Crippen LogP contribution < -0.4 is 10.9 Å². The van der Waals surface area contributed by atoms with Crippen molar-refractivity contribution >= 4 is 27.5 Å². The SMILES string of the molecule is C[C@@H]1CCc2c(sc3nnn(CC(=O)NCc4ccccc4)c(=O)c23)C1. The third-order valence-electron chi connectivity index (χ3n) is 4.81. The highest BCUT2D eigenvalue weighted by atomic mass is 32.1. The largest absolute Gasteiger partial charge is 0.350 e. The lowest BCUT2D eigenvalue weighted by Crippen LogP contribution is -2.34. The maximum Gasteiger partial charge on any atom is 0.279 e. The first-order valence-corrected chi connectivity index (χ1v) is 9.62. The number of nitrogens with one attached hydrogen (secondary N) is 1. The smallest absolute Gasteiger partial charge is 0.279 e. The fourth-order valence-electron chi connectivity index (χ4n) is 3.38. The molecule has 1 aromatic carbocycles. The van der Waals surface area contributed by atoms with Gasteiger partial charge in [0.15, 0.2) is 4.83 Å². The van der Waals surface area contributed by atoms with Gasteiger partial charge in [0.2, 0.25) is 5.91 Å². The molecule has 2 heterocycles. The Kier molecular flexibility index (Phi) is 4.55. The van der Waals surface area contributed by atoms with Crippen LogP contribution in [0.15, 0.2) is 35.1 Å². The van der Waals surface area contributed by atoms with Gasteiger partial charge in [0.25, 0.3) is 5.56 Å². The predicted octanol–water partition coefficient (Wildman–Crippen LogP) is 2.29. The maximum absolute atomic E-state index is 12.8. The minimum absolute atomic E-state index is 0.115. The average molecular weight is 368 g/mol. The molecular formula is C19H20N4O2S. The number of rotatable bonds is 4. The standard InChI is InChI=1S/C19H20N4O2S/c1-12-7-8-14-15(9-12)26-18-17(14)19(25)23(22-21-18)11-16(24)20-10-13-5-3-2-4-6-13/h2-6,12H,7-11H2,1H3,(H,20,24)/t12-/m1/s1. The number of nitrogens with zero attached hydrogens (tertiary/aromatic N) is 3. The summed E-state index contributed by atoms with van der Waals surface area (Å²) in [6.07, 6.45) is 2.98. The number of thiophene rings is 1. The van der Waals surface area contributed by atoms with Crippen molar-refractivity contribution < 1.29 is 4.79 Å². The first-order valence-electron chi connectivity index (χ1n) is 8.80. The lowest BCUT2D eigenvalue weighted by molar-refractivity contribution is -0.122. The van der Waals surface area contributed by atoms with E-state index in [0.29, 0.717) is 22.7 Å². The van der Waals surface area contributed by atoms with Crippen molar-refractivity contribution in [2.24, 2.45) is 5.92 Å². The molecule has 3 aromatic rings. The lowest BCUT2D eigenvalue weighted by atomic mass is 9.89. The van der Waals surface area contributed by atoms with Crippen molar-refractivity contribution in [3.05, 3.63) is 56.7 Å². The third-order valence-corrected chi connectivity index (χ3v) is 5.95. The summed E-state index contributed by atoms with van der Waals surface area (Å²) < 4.78 is 1.17. The van der Waals surface area contributed by atoms with E-state index in [1.807, 2.05) is 30.3 Å². The van der Waals surface area contributed by atoms with E-state index >= 15 is 0 Å². The average Bonchev–Trinajstić information content (AvgIpc) is 3.01. The Balaban J connectivity index is 1.54. The van der Waals surface area contributed by atoms with Crippen molar-refractivity contribution in [3.8, 4) is 0 Å². The zero-order valence-electron chi connectivity index (χ0n) is 14.6. The Hall–Kier alpha value is -2.54. The van der Waals surface area contributed by atoms with E-state index in [9.17, 15) is 9.59 Å². The molecule has 0 fully saturated rings. The molecule has 0 saturated carbocycles. The zero-order chi connectivity index (χ0) is 18.1. The minimum Gasteiger partial charge on any atom is -0.350 e. The number of aromatic nitrogens is 3. The van der Waals surface area contributed by atoms with E-state index in [0.717, 1.165) is 30.4 Å². The second kappa shape index (κ2) is 6.99. The van der Waals surface area contributed by atoms with Gasteiger partial charge in [0.1, 0.15) is 6.54 Å². The van der Waals surface area contributed by atoms with Crippen LogP contribution in [0.2, 0.25) is 0 Å². The van der Waals surface area contributed by atoms with E-state index in [2.05, 4.69) is 22.6 Å². The van der Waals surface area contributed by atoms with Crippen molar-refractivity contribution in [2.75, 3.05) is 0 Å². The molecule has 1 aliphatic rings. The topological polar surface area (TPSA) is 76.9 Å². The quantitative estimate of drug-likeness (QED) is 0.767. The van der Waals surface area contributed by atoms with Crippen molar-refractivity contribution in [1.82, 2.24) is 20.3 Å². The lowest BCUT2D eigenvalue weighted by Gasteiger charge is -2.17. The monoisotopic (exact) mass is 368 g/mol. The summed E-state index contributed by atoms with van der Waals surface area (Å²) in [7, 11) is 0. The van der Waals surface area contributed by atoms with Gasteiger partial charge in [-0.3, -0.25) is 9.59 Å². The number of benzene rings is 1. The number of fused-ring (bicyclic) bond motifs is 3. The van der Waals surface area contributed by atoms with Crippen LogP contribution >= 0.6 is 11.3 Å². The number of hydrogen-bond donors (Lipinski definition) is 1. The first kappa shape index (κ1) is 16.9. The van der Waals surface area contributed by atoms with Gasteiger partial charge < -0.3 is 5.32 Å². The molecule has 2 aromatic heterocycles. The summed E-state index contributed by atoms with van der Waals surface area (Å²) in [5.74, 6) is 0.386. The summed E-state index contributed by atoms with van der Waals surface area (Å²) >= 11 is 1.57. The minimum atomic E-state index is -0.248. The molecule has 0 aliphatic heterocycles. The summed E-state index contributed by atoms with van der Waals surface area (Å²) in [5.41, 5.74) is 1.91. The Morgan fingerprint density at radius 3 is 2.96 bits per heavy atom. The third kappa shape index (κ3) is 3.26. The Labute approximate surface area is 154 Å². The van der Waals surface area contributed by atoms with Gasteiger partial charge in [0.05, 0.1) is 5.39 Å². The molecule has 0 radical (unpaired) electrons. The Morgan fingerprint density at radius 2 is 2.15 bits per heavy atom. The summed E-state index contributed by atoms with van der Waals surface area (Å²) in [4.78, 5) is 27.0. The van der Waals surface area contributed by atoms with E-state index in [-0.39, 0.29) is 18.0 Å². The zero-order valence-corrected chi connectivity index (χ0v) is 15.4. The van der Waals surface area contributed by atoms with Gasteiger partial charge in [-0.15, -0.1) is 16.4 Å². The normalized spacial score (nSPS) is 16.4. The molecule has 7 heteroatoms. The summed E-state index contributed by atoms with van der Waals surface area (Å²) in [6.45, 7) is 2.54. The number of amides is 1. The molecule has 0 saturated heterocycles. The highest BCUT2D eigenvalue weighted by Crippen LogP contribution is 2.35. The van der Waals surface area contributed by atoms with Crippen molar-refractivity contribution in [3.63, 3.8) is 0 Å². The van der Waals surface area contributed by atoms with Crippen LogP contribution in [0.25, 0.3) is 10.2 Å². The van der Waals surface area contributed by atoms with Crippen LogP contribution in [0.5, 0.6) is 0 Å². The predicted molar refractivity (Wildman–Crippen MR) is 101 cm³/mol. The molecule has 6 nitrogen and oxygen atoms in total. The van der Waals surface area contributed by atoms with Gasteiger partial charge in [-0.05, 0) is 36.3 Å². The number of carbonyl (C=O) groups is 1. The molecule has 0 spiro atoms. The molecule has 26 heavy (non-hydrogen) atoms. The van der Waals surface area contributed by atoms with Crippen molar-refractivity contribution in [2.45, 2.75) is 39.3 Å². The second-order valence-corrected chi connectivity index (χ2v) is 7.93. The molecule has 1 aliphatic carbocycles. The molecule has 0 unspecified atom stereocenters. The highest BCUT2D eigenvalue weighted by molar-refractivity contribution is 7.18. The molecular weight excluding hydrogens is 348 g/mol. The second-order valence-electron chi connectivity index (χ2n) is 6.85. The molecule has 1 atom stereocenters. The van der Waals surface area contributed by atoms with Crippen LogP contribution in [-0.2, 0) is 30.7 Å². The van der Waals surface area contributed by atoms with Gasteiger partial charge in [-0.1, -0.05) is 42.5 Å². The van der Waals surface area contributed by atoms with Crippen molar-refractivity contribution in [1.29, 1.82) is 0 Å². The number of hydrogen-bond acceptors (Lipinski definition) is 5. The van der Waals surface area contributed by atoms with Gasteiger partial charge in [-0.25, -0.2) is 4.68 Å². The molecule has 0 bridgehead atoms. The molecule has 134 valence electrons. The Bertz CT molecular complexity index is 1010. The van der Waals surface area contributed by atoms with E-state index in [1.54, 1.807) is 11.3 Å². The fourth-order valence-corrected chi connectivity index (χ4v) is 4.70. The van der Waals surface area contributed by atoms with Crippen LogP contribution in [0.1, 0.15) is 29.3 Å². The molecule has 1 N–H and O–H groups in total. The number of carbonyl (C=O) groups excluding carboxylic acids is 1. The van der Waals surface area contributed by atoms with Crippen LogP contribution in [-0.4, -0.2) is 20.9 Å². The van der Waals surface area contributed by atoms with E-state index < -0.39 is 0 Å². The summed E-state index contributed by atoms with van der Waals surface area (Å²) in [5, 5.41) is 11.6. The first-order chi connectivity index (χ1) is 12.6. The van der Waals surface area contributed by atoms with Crippen LogP contribution in [0.3, 0.4) is 0 Å². The fraction of sp³-hybridized carbons (Fsp3) is 0.368. The van der Waals surface area contributed by atoms with Crippen LogP contribution in [0, 0.1) is 5.92 Å². The molecule has 4 rings (SSSR count). The Morgan fingerprint density at radius 1 is 1.35 bits per heavy atom. The maximum atomic E-state index is 12.8. The van der Waals surface area contributed by atoms with Gasteiger partial charge in [0, 0.05) is 11.4 Å². The van der Waals surface area contributed by atoms with Gasteiger partial charge in [-0.2, -0.15) is 0 Å². The number of aryl methyl sites for hydroxylation is 1.